The SMILES string of the molecule is Nc1ccc(CCNc2ncc3cnn(C4CCc5ccccc54)c3n2)cc1. The van der Waals surface area contributed by atoms with Crippen molar-refractivity contribution < 1.29 is 0 Å². The summed E-state index contributed by atoms with van der Waals surface area (Å²) in [5, 5.41) is 8.93. The minimum Gasteiger partial charge on any atom is -0.399 e. The van der Waals surface area contributed by atoms with E-state index in [4.69, 9.17) is 10.7 Å². The topological polar surface area (TPSA) is 81.6 Å². The summed E-state index contributed by atoms with van der Waals surface area (Å²) >= 11 is 0. The molecule has 1 aliphatic rings. The highest BCUT2D eigenvalue weighted by atomic mass is 15.3. The minimum absolute atomic E-state index is 0.242. The zero-order chi connectivity index (χ0) is 18.9. The standard InChI is InChI=1S/C22H22N6/c23-18-8-5-15(6-9-18)11-12-24-22-25-13-17-14-26-28(21(17)27-22)20-10-7-16-3-1-2-4-19(16)20/h1-6,8-9,13-14,20H,7,10-12,23H2,(H,24,25,27). The molecule has 0 saturated carbocycles. The Morgan fingerprint density at radius 1 is 1.07 bits per heavy atom. The first kappa shape index (κ1) is 16.7. The molecule has 0 radical (unpaired) electrons. The Morgan fingerprint density at radius 2 is 1.93 bits per heavy atom. The number of nitrogens with zero attached hydrogens (tertiary/aromatic N) is 4. The normalized spacial score (nSPS) is 15.6. The Labute approximate surface area is 163 Å². The zero-order valence-corrected chi connectivity index (χ0v) is 15.5. The Bertz CT molecular complexity index is 1120. The number of aryl methyl sites for hydroxylation is 1. The third kappa shape index (κ3) is 3.07. The Hall–Kier alpha value is -3.41. The van der Waals surface area contributed by atoms with E-state index in [-0.39, 0.29) is 6.04 Å². The molecule has 1 unspecified atom stereocenters. The van der Waals surface area contributed by atoms with Crippen LogP contribution in [-0.2, 0) is 12.8 Å². The van der Waals surface area contributed by atoms with Crippen LogP contribution in [0.1, 0.15) is 29.2 Å². The summed E-state index contributed by atoms with van der Waals surface area (Å²) in [6.07, 6.45) is 6.73. The van der Waals surface area contributed by atoms with E-state index < -0.39 is 0 Å². The first-order valence-electron chi connectivity index (χ1n) is 9.64. The number of nitrogens with two attached hydrogens (primary N) is 1. The molecule has 0 bridgehead atoms. The minimum atomic E-state index is 0.242. The molecule has 0 spiro atoms. The monoisotopic (exact) mass is 370 g/mol. The van der Waals surface area contributed by atoms with Gasteiger partial charge in [-0.2, -0.15) is 10.1 Å². The van der Waals surface area contributed by atoms with Gasteiger partial charge < -0.3 is 11.1 Å². The van der Waals surface area contributed by atoms with Crippen molar-refractivity contribution in [2.24, 2.45) is 0 Å². The molecular weight excluding hydrogens is 348 g/mol. The van der Waals surface area contributed by atoms with Crippen LogP contribution in [0.4, 0.5) is 11.6 Å². The molecule has 6 nitrogen and oxygen atoms in total. The maximum Gasteiger partial charge on any atom is 0.224 e. The van der Waals surface area contributed by atoms with Crippen molar-refractivity contribution in [3.8, 4) is 0 Å². The Balaban J connectivity index is 1.36. The number of anilines is 2. The zero-order valence-electron chi connectivity index (χ0n) is 15.5. The van der Waals surface area contributed by atoms with Gasteiger partial charge in [-0.3, -0.25) is 0 Å². The fourth-order valence-corrected chi connectivity index (χ4v) is 3.94. The molecule has 0 amide bonds. The third-order valence-electron chi connectivity index (χ3n) is 5.41. The van der Waals surface area contributed by atoms with Gasteiger partial charge in [0.05, 0.1) is 17.6 Å². The van der Waals surface area contributed by atoms with Gasteiger partial charge in [0.1, 0.15) is 0 Å². The van der Waals surface area contributed by atoms with Crippen LogP contribution >= 0.6 is 0 Å². The first-order chi connectivity index (χ1) is 13.8. The number of nitrogen functional groups attached to an aromatic ring is 1. The van der Waals surface area contributed by atoms with E-state index >= 15 is 0 Å². The molecule has 0 fully saturated rings. The second kappa shape index (κ2) is 6.96. The summed E-state index contributed by atoms with van der Waals surface area (Å²) in [4.78, 5) is 9.20. The molecule has 5 rings (SSSR count). The van der Waals surface area contributed by atoms with Gasteiger partial charge in [0, 0.05) is 18.4 Å². The smallest absolute Gasteiger partial charge is 0.224 e. The molecule has 0 saturated heterocycles. The summed E-state index contributed by atoms with van der Waals surface area (Å²) in [5.41, 5.74) is 11.4. The lowest BCUT2D eigenvalue weighted by atomic mass is 10.1. The average molecular weight is 370 g/mol. The lowest BCUT2D eigenvalue weighted by molar-refractivity contribution is 0.533. The Kier molecular flexibility index (Phi) is 4.16. The van der Waals surface area contributed by atoms with Crippen LogP contribution in [-0.4, -0.2) is 26.3 Å². The number of hydrogen-bond acceptors (Lipinski definition) is 5. The summed E-state index contributed by atoms with van der Waals surface area (Å²) in [6.45, 7) is 0.760. The molecule has 1 atom stereocenters. The van der Waals surface area contributed by atoms with Crippen LogP contribution in [0.2, 0.25) is 0 Å². The molecule has 6 heteroatoms. The molecule has 1 aliphatic carbocycles. The van der Waals surface area contributed by atoms with Gasteiger partial charge in [0.25, 0.3) is 0 Å². The lowest BCUT2D eigenvalue weighted by Gasteiger charge is -2.13. The fourth-order valence-electron chi connectivity index (χ4n) is 3.94. The molecule has 140 valence electrons. The highest BCUT2D eigenvalue weighted by Gasteiger charge is 2.25. The number of aromatic nitrogens is 4. The highest BCUT2D eigenvalue weighted by Crippen LogP contribution is 2.35. The third-order valence-corrected chi connectivity index (χ3v) is 5.41. The number of nitrogens with one attached hydrogen (secondary N) is 1. The van der Waals surface area contributed by atoms with Gasteiger partial charge in [-0.05, 0) is 48.1 Å². The van der Waals surface area contributed by atoms with Crippen LogP contribution in [0.15, 0.2) is 60.9 Å². The van der Waals surface area contributed by atoms with Gasteiger partial charge in [-0.1, -0.05) is 36.4 Å². The molecule has 2 aromatic heterocycles. The second-order valence-electron chi connectivity index (χ2n) is 7.23. The van der Waals surface area contributed by atoms with Gasteiger partial charge in [-0.25, -0.2) is 9.67 Å². The molecule has 2 aromatic carbocycles. The van der Waals surface area contributed by atoms with E-state index in [9.17, 15) is 0 Å². The van der Waals surface area contributed by atoms with Crippen molar-refractivity contribution in [1.29, 1.82) is 0 Å². The molecule has 3 N–H and O–H groups in total. The van der Waals surface area contributed by atoms with E-state index in [0.717, 1.165) is 42.5 Å². The fraction of sp³-hybridized carbons (Fsp3) is 0.227. The van der Waals surface area contributed by atoms with Gasteiger partial charge in [0.2, 0.25) is 5.95 Å². The summed E-state index contributed by atoms with van der Waals surface area (Å²) in [7, 11) is 0. The average Bonchev–Trinajstić information content (AvgIpc) is 3.33. The van der Waals surface area contributed by atoms with E-state index in [2.05, 4.69) is 39.7 Å². The van der Waals surface area contributed by atoms with E-state index in [1.165, 1.54) is 16.7 Å². The molecule has 4 aromatic rings. The van der Waals surface area contributed by atoms with Crippen molar-refractivity contribution in [1.82, 2.24) is 19.7 Å². The maximum atomic E-state index is 5.74. The van der Waals surface area contributed by atoms with Crippen molar-refractivity contribution in [2.75, 3.05) is 17.6 Å². The summed E-state index contributed by atoms with van der Waals surface area (Å²) < 4.78 is 2.05. The molecule has 0 aliphatic heterocycles. The Morgan fingerprint density at radius 3 is 2.82 bits per heavy atom. The summed E-state index contributed by atoms with van der Waals surface area (Å²) in [6, 6.07) is 16.8. The molecular formula is C22H22N6. The van der Waals surface area contributed by atoms with Gasteiger partial charge in [-0.15, -0.1) is 0 Å². The first-order valence-corrected chi connectivity index (χ1v) is 9.64. The van der Waals surface area contributed by atoms with Crippen LogP contribution in [0.5, 0.6) is 0 Å². The van der Waals surface area contributed by atoms with Gasteiger partial charge in [0.15, 0.2) is 5.65 Å². The highest BCUT2D eigenvalue weighted by molar-refractivity contribution is 5.75. The van der Waals surface area contributed by atoms with E-state index in [1.54, 1.807) is 0 Å². The van der Waals surface area contributed by atoms with Crippen molar-refractivity contribution in [3.63, 3.8) is 0 Å². The maximum absolute atomic E-state index is 5.74. The number of benzene rings is 2. The molecule has 28 heavy (non-hydrogen) atoms. The number of fused-ring (bicyclic) bond motifs is 2. The second-order valence-corrected chi connectivity index (χ2v) is 7.23. The van der Waals surface area contributed by atoms with Crippen LogP contribution < -0.4 is 11.1 Å². The van der Waals surface area contributed by atoms with Gasteiger partial charge >= 0.3 is 0 Å². The largest absolute Gasteiger partial charge is 0.399 e. The van der Waals surface area contributed by atoms with Crippen LogP contribution in [0, 0.1) is 0 Å². The quantitative estimate of drug-likeness (QED) is 0.525. The predicted molar refractivity (Wildman–Crippen MR) is 111 cm³/mol. The van der Waals surface area contributed by atoms with Crippen molar-refractivity contribution in [2.45, 2.75) is 25.3 Å². The summed E-state index contributed by atoms with van der Waals surface area (Å²) in [5.74, 6) is 0.635. The predicted octanol–water partition coefficient (Wildman–Crippen LogP) is 3.60. The van der Waals surface area contributed by atoms with Crippen molar-refractivity contribution in [3.05, 3.63) is 77.6 Å². The van der Waals surface area contributed by atoms with Crippen LogP contribution in [0.25, 0.3) is 11.0 Å². The van der Waals surface area contributed by atoms with Crippen LogP contribution in [0.3, 0.4) is 0 Å². The van der Waals surface area contributed by atoms with Crippen molar-refractivity contribution >= 4 is 22.7 Å². The lowest BCUT2D eigenvalue weighted by Crippen LogP contribution is -2.12. The van der Waals surface area contributed by atoms with E-state index in [1.807, 2.05) is 41.3 Å². The molecule has 2 heterocycles. The van der Waals surface area contributed by atoms with E-state index in [0.29, 0.717) is 5.95 Å². The number of rotatable bonds is 5. The number of hydrogen-bond donors (Lipinski definition) is 2.